The first-order valence-electron chi connectivity index (χ1n) is 5.01. The van der Waals surface area contributed by atoms with Gasteiger partial charge in [-0.1, -0.05) is 19.8 Å². The van der Waals surface area contributed by atoms with Crippen molar-refractivity contribution < 1.29 is 4.79 Å². The topological polar surface area (TPSA) is 55.1 Å². The lowest BCUT2D eigenvalue weighted by Crippen LogP contribution is -2.39. The molecule has 0 unspecified atom stereocenters. The zero-order chi connectivity index (χ0) is 10.3. The van der Waals surface area contributed by atoms with E-state index in [1.807, 2.05) is 13.8 Å². The van der Waals surface area contributed by atoms with Crippen LogP contribution in [0.15, 0.2) is 0 Å². The number of hydrogen-bond acceptors (Lipinski definition) is 2. The predicted octanol–water partition coefficient (Wildman–Crippen LogP) is 1.42. The van der Waals surface area contributed by atoms with Crippen molar-refractivity contribution in [1.82, 2.24) is 5.32 Å². The lowest BCUT2D eigenvalue weighted by Gasteiger charge is -2.17. The lowest BCUT2D eigenvalue weighted by molar-refractivity contribution is -0.122. The normalized spacial score (nSPS) is 11.4. The molecule has 0 heterocycles. The summed E-state index contributed by atoms with van der Waals surface area (Å²) in [5.41, 5.74) is 5.31. The van der Waals surface area contributed by atoms with Gasteiger partial charge in [-0.15, -0.1) is 0 Å². The van der Waals surface area contributed by atoms with E-state index < -0.39 is 5.54 Å². The van der Waals surface area contributed by atoms with Crippen LogP contribution in [0.25, 0.3) is 0 Å². The number of nitrogens with two attached hydrogens (primary N) is 1. The van der Waals surface area contributed by atoms with Gasteiger partial charge in [0, 0.05) is 18.5 Å². The molecule has 3 nitrogen and oxygen atoms in total. The molecular weight excluding hydrogens is 164 g/mol. The molecule has 0 rings (SSSR count). The van der Waals surface area contributed by atoms with Crippen molar-refractivity contribution in [1.29, 1.82) is 0 Å². The Hall–Kier alpha value is -0.570. The Labute approximate surface area is 81.1 Å². The van der Waals surface area contributed by atoms with Crippen LogP contribution in [0.3, 0.4) is 0 Å². The van der Waals surface area contributed by atoms with E-state index in [1.165, 1.54) is 12.8 Å². The molecule has 13 heavy (non-hydrogen) atoms. The Balaban J connectivity index is 3.41. The third kappa shape index (κ3) is 9.34. The van der Waals surface area contributed by atoms with Crippen LogP contribution in [0.5, 0.6) is 0 Å². The summed E-state index contributed by atoms with van der Waals surface area (Å²) in [5, 5.41) is 2.86. The molecule has 0 atom stereocenters. The molecular formula is C10H22N2O. The minimum absolute atomic E-state index is 0.0589. The van der Waals surface area contributed by atoms with Crippen LogP contribution in [-0.4, -0.2) is 18.0 Å². The van der Waals surface area contributed by atoms with Gasteiger partial charge in [0.2, 0.25) is 5.91 Å². The molecule has 0 aromatic rings. The highest BCUT2D eigenvalue weighted by Gasteiger charge is 2.15. The molecule has 0 aliphatic carbocycles. The molecule has 78 valence electrons. The quantitative estimate of drug-likeness (QED) is 0.616. The van der Waals surface area contributed by atoms with Crippen LogP contribution >= 0.6 is 0 Å². The molecule has 0 radical (unpaired) electrons. The van der Waals surface area contributed by atoms with Gasteiger partial charge in [-0.2, -0.15) is 0 Å². The van der Waals surface area contributed by atoms with Gasteiger partial charge in [0.25, 0.3) is 0 Å². The van der Waals surface area contributed by atoms with Crippen molar-refractivity contribution in [2.75, 3.05) is 6.54 Å². The van der Waals surface area contributed by atoms with E-state index >= 15 is 0 Å². The Morgan fingerprint density at radius 2 is 2.00 bits per heavy atom. The van der Waals surface area contributed by atoms with Crippen molar-refractivity contribution in [3.05, 3.63) is 0 Å². The fourth-order valence-corrected chi connectivity index (χ4v) is 1.08. The van der Waals surface area contributed by atoms with E-state index in [9.17, 15) is 4.79 Å². The molecule has 0 saturated carbocycles. The summed E-state index contributed by atoms with van der Waals surface area (Å²) in [6.07, 6.45) is 3.82. The number of nitrogens with one attached hydrogen (secondary N) is 1. The molecule has 3 N–H and O–H groups in total. The van der Waals surface area contributed by atoms with Gasteiger partial charge in [0.15, 0.2) is 0 Å². The SMILES string of the molecule is CCCCCNC(=O)CC(C)(C)N. The summed E-state index contributed by atoms with van der Waals surface area (Å²) >= 11 is 0. The first-order valence-corrected chi connectivity index (χ1v) is 5.01. The Bertz CT molecular complexity index is 149. The molecule has 0 aliphatic heterocycles. The molecule has 0 bridgehead atoms. The maximum Gasteiger partial charge on any atom is 0.221 e. The summed E-state index contributed by atoms with van der Waals surface area (Å²) in [5.74, 6) is 0.0589. The van der Waals surface area contributed by atoms with E-state index in [0.29, 0.717) is 6.42 Å². The van der Waals surface area contributed by atoms with Gasteiger partial charge >= 0.3 is 0 Å². The summed E-state index contributed by atoms with van der Waals surface area (Å²) < 4.78 is 0. The molecule has 0 fully saturated rings. The summed E-state index contributed by atoms with van der Waals surface area (Å²) in [7, 11) is 0. The van der Waals surface area contributed by atoms with E-state index in [0.717, 1.165) is 13.0 Å². The third-order valence-electron chi connectivity index (χ3n) is 1.72. The predicted molar refractivity (Wildman–Crippen MR) is 55.4 cm³/mol. The molecule has 0 aromatic heterocycles. The van der Waals surface area contributed by atoms with Crippen molar-refractivity contribution >= 4 is 5.91 Å². The molecule has 0 saturated heterocycles. The number of hydrogen-bond donors (Lipinski definition) is 2. The highest BCUT2D eigenvalue weighted by molar-refractivity contribution is 5.76. The maximum absolute atomic E-state index is 11.2. The zero-order valence-corrected chi connectivity index (χ0v) is 9.02. The van der Waals surface area contributed by atoms with Crippen LogP contribution in [0.4, 0.5) is 0 Å². The second kappa shape index (κ2) is 5.97. The van der Waals surface area contributed by atoms with Gasteiger partial charge < -0.3 is 11.1 Å². The Morgan fingerprint density at radius 1 is 1.38 bits per heavy atom. The van der Waals surface area contributed by atoms with Gasteiger partial charge in [0.1, 0.15) is 0 Å². The van der Waals surface area contributed by atoms with Crippen molar-refractivity contribution in [2.24, 2.45) is 5.73 Å². The molecule has 0 aliphatic rings. The van der Waals surface area contributed by atoms with E-state index in [4.69, 9.17) is 5.73 Å². The third-order valence-corrected chi connectivity index (χ3v) is 1.72. The fourth-order valence-electron chi connectivity index (χ4n) is 1.08. The Kier molecular flexibility index (Phi) is 5.71. The van der Waals surface area contributed by atoms with Crippen LogP contribution in [0, 0.1) is 0 Å². The van der Waals surface area contributed by atoms with Crippen LogP contribution in [0.2, 0.25) is 0 Å². The summed E-state index contributed by atoms with van der Waals surface area (Å²) in [4.78, 5) is 11.2. The molecule has 0 spiro atoms. The summed E-state index contributed by atoms with van der Waals surface area (Å²) in [6.45, 7) is 6.64. The van der Waals surface area contributed by atoms with E-state index in [1.54, 1.807) is 0 Å². The second-order valence-electron chi connectivity index (χ2n) is 4.22. The highest BCUT2D eigenvalue weighted by Crippen LogP contribution is 2.02. The smallest absolute Gasteiger partial charge is 0.221 e. The van der Waals surface area contributed by atoms with Crippen molar-refractivity contribution in [3.8, 4) is 0 Å². The highest BCUT2D eigenvalue weighted by atomic mass is 16.1. The number of carbonyl (C=O) groups excluding carboxylic acids is 1. The van der Waals surface area contributed by atoms with Gasteiger partial charge in [-0.3, -0.25) is 4.79 Å². The first-order chi connectivity index (χ1) is 5.95. The van der Waals surface area contributed by atoms with Gasteiger partial charge in [-0.25, -0.2) is 0 Å². The fraction of sp³-hybridized carbons (Fsp3) is 0.900. The standard InChI is InChI=1S/C10H22N2O/c1-4-5-6-7-12-9(13)8-10(2,3)11/h4-8,11H2,1-3H3,(H,12,13). The monoisotopic (exact) mass is 186 g/mol. The Morgan fingerprint density at radius 3 is 2.46 bits per heavy atom. The van der Waals surface area contributed by atoms with Crippen molar-refractivity contribution in [2.45, 2.75) is 52.0 Å². The largest absolute Gasteiger partial charge is 0.356 e. The van der Waals surface area contributed by atoms with Crippen LogP contribution in [0.1, 0.15) is 46.5 Å². The average molecular weight is 186 g/mol. The number of rotatable bonds is 6. The summed E-state index contributed by atoms with van der Waals surface area (Å²) in [6, 6.07) is 0. The van der Waals surface area contributed by atoms with Crippen molar-refractivity contribution in [3.63, 3.8) is 0 Å². The van der Waals surface area contributed by atoms with Gasteiger partial charge in [-0.05, 0) is 20.3 Å². The van der Waals surface area contributed by atoms with E-state index in [-0.39, 0.29) is 5.91 Å². The van der Waals surface area contributed by atoms with E-state index in [2.05, 4.69) is 12.2 Å². The number of amides is 1. The second-order valence-corrected chi connectivity index (χ2v) is 4.22. The van der Waals surface area contributed by atoms with Crippen LogP contribution < -0.4 is 11.1 Å². The number of unbranched alkanes of at least 4 members (excludes halogenated alkanes) is 2. The van der Waals surface area contributed by atoms with Gasteiger partial charge in [0.05, 0.1) is 0 Å². The average Bonchev–Trinajstić information content (AvgIpc) is 1.94. The molecule has 1 amide bonds. The minimum atomic E-state index is -0.394. The lowest BCUT2D eigenvalue weighted by atomic mass is 10.0. The zero-order valence-electron chi connectivity index (χ0n) is 9.02. The maximum atomic E-state index is 11.2. The molecule has 3 heteroatoms. The minimum Gasteiger partial charge on any atom is -0.356 e. The first kappa shape index (κ1) is 12.4. The van der Waals surface area contributed by atoms with Crippen LogP contribution in [-0.2, 0) is 4.79 Å². The number of carbonyl (C=O) groups is 1. The molecule has 0 aromatic carbocycles.